The number of H-pyrrole nitrogens is 2. The first-order valence-electron chi connectivity index (χ1n) is 14.6. The lowest BCUT2D eigenvalue weighted by Crippen LogP contribution is -1.97. The van der Waals surface area contributed by atoms with Crippen molar-refractivity contribution in [2.75, 3.05) is 0 Å². The van der Waals surface area contributed by atoms with Crippen molar-refractivity contribution in [3.8, 4) is 0 Å². The summed E-state index contributed by atoms with van der Waals surface area (Å²) in [4.78, 5) is 40.4. The molecule has 218 valence electrons. The minimum absolute atomic E-state index is 0.0137. The smallest absolute Gasteiger partial charge is 0.303 e. The second-order valence-electron chi connectivity index (χ2n) is 11.2. The molecule has 5 heterocycles. The van der Waals surface area contributed by atoms with E-state index in [1.54, 1.807) is 0 Å². The van der Waals surface area contributed by atoms with Crippen LogP contribution in [0.15, 0.2) is 24.3 Å². The Balaban J connectivity index is 1.92. The fraction of sp³-hybridized carbons (Fsp3) is 0.353. The highest BCUT2D eigenvalue weighted by Gasteiger charge is 2.22. The molecule has 5 rings (SSSR count). The predicted molar refractivity (Wildman–Crippen MR) is 168 cm³/mol. The maximum atomic E-state index is 11.5. The molecule has 2 aliphatic heterocycles. The van der Waals surface area contributed by atoms with Crippen LogP contribution in [0.5, 0.6) is 0 Å². The SMILES string of the molecule is CCc1c(C)c2cc3[nH]c(cc4nc(cc5nc(cc1[nH]2)C(C)=C5CCC(=O)O)C(CCC(=O)O)=C4C)c(CC)c3C. The molecule has 0 aliphatic carbocycles. The van der Waals surface area contributed by atoms with Gasteiger partial charge in [0, 0.05) is 34.9 Å². The van der Waals surface area contributed by atoms with Gasteiger partial charge in [-0.05, 0) is 122 Å². The number of nitrogens with one attached hydrogen (secondary N) is 2. The number of carboxylic acids is 2. The van der Waals surface area contributed by atoms with E-state index in [0.717, 1.165) is 68.6 Å². The molecule has 0 fully saturated rings. The van der Waals surface area contributed by atoms with E-state index in [4.69, 9.17) is 9.97 Å². The van der Waals surface area contributed by atoms with Crippen LogP contribution in [0.4, 0.5) is 0 Å². The van der Waals surface area contributed by atoms with Crippen molar-refractivity contribution in [2.24, 2.45) is 0 Å². The summed E-state index contributed by atoms with van der Waals surface area (Å²) >= 11 is 0. The lowest BCUT2D eigenvalue weighted by atomic mass is 9.98. The predicted octanol–water partition coefficient (Wildman–Crippen LogP) is 7.65. The first kappa shape index (κ1) is 29.0. The van der Waals surface area contributed by atoms with Gasteiger partial charge in [-0.15, -0.1) is 0 Å². The summed E-state index contributed by atoms with van der Waals surface area (Å²) in [5, 5.41) is 18.9. The van der Waals surface area contributed by atoms with E-state index in [9.17, 15) is 19.8 Å². The molecule has 3 aromatic rings. The second kappa shape index (κ2) is 11.4. The third kappa shape index (κ3) is 5.29. The molecule has 0 amide bonds. The highest BCUT2D eigenvalue weighted by atomic mass is 16.4. The molecule has 4 N–H and O–H groups in total. The fourth-order valence-corrected chi connectivity index (χ4v) is 6.22. The Morgan fingerprint density at radius 3 is 1.38 bits per heavy atom. The molecule has 0 radical (unpaired) electrons. The zero-order valence-corrected chi connectivity index (χ0v) is 25.2. The lowest BCUT2D eigenvalue weighted by Gasteiger charge is -2.05. The van der Waals surface area contributed by atoms with Crippen LogP contribution in [-0.4, -0.2) is 42.1 Å². The summed E-state index contributed by atoms with van der Waals surface area (Å²) in [6.45, 7) is 12.5. The van der Waals surface area contributed by atoms with Gasteiger partial charge < -0.3 is 20.2 Å². The minimum atomic E-state index is -0.868. The molecule has 2 aliphatic rings. The van der Waals surface area contributed by atoms with E-state index in [1.165, 1.54) is 22.3 Å². The molecule has 42 heavy (non-hydrogen) atoms. The maximum absolute atomic E-state index is 11.5. The lowest BCUT2D eigenvalue weighted by molar-refractivity contribution is -0.137. The molecule has 8 heteroatoms. The summed E-state index contributed by atoms with van der Waals surface area (Å²) in [7, 11) is 0. The number of carboxylic acid groups (broad SMARTS) is 2. The van der Waals surface area contributed by atoms with Gasteiger partial charge in [0.15, 0.2) is 0 Å². The fourth-order valence-electron chi connectivity index (χ4n) is 6.22. The Morgan fingerprint density at radius 1 is 0.619 bits per heavy atom. The Morgan fingerprint density at radius 2 is 1.02 bits per heavy atom. The van der Waals surface area contributed by atoms with Gasteiger partial charge in [0.25, 0.3) is 0 Å². The summed E-state index contributed by atoms with van der Waals surface area (Å²) < 4.78 is 0. The van der Waals surface area contributed by atoms with E-state index >= 15 is 0 Å². The number of allylic oxidation sites excluding steroid dienone is 4. The Labute approximate surface area is 245 Å². The van der Waals surface area contributed by atoms with Gasteiger partial charge in [0.1, 0.15) is 0 Å². The van der Waals surface area contributed by atoms with Crippen LogP contribution in [-0.2, 0) is 22.4 Å². The second-order valence-corrected chi connectivity index (χ2v) is 11.2. The molecular weight excluding hydrogens is 528 g/mol. The quantitative estimate of drug-likeness (QED) is 0.221. The summed E-state index contributed by atoms with van der Waals surface area (Å²) in [5.74, 6) is -1.74. The minimum Gasteiger partial charge on any atom is -0.481 e. The topological polar surface area (TPSA) is 132 Å². The number of aliphatic carboxylic acids is 2. The molecule has 0 saturated heterocycles. The largest absolute Gasteiger partial charge is 0.481 e. The molecular formula is C34H38N4O4. The highest BCUT2D eigenvalue weighted by Crippen LogP contribution is 2.38. The zero-order chi connectivity index (χ0) is 30.3. The molecule has 0 spiro atoms. The van der Waals surface area contributed by atoms with Crippen molar-refractivity contribution in [3.63, 3.8) is 0 Å². The van der Waals surface area contributed by atoms with Crippen LogP contribution in [0.25, 0.3) is 44.4 Å². The van der Waals surface area contributed by atoms with Crippen LogP contribution in [0.2, 0.25) is 0 Å². The number of fused-ring (bicyclic) bond motifs is 8. The highest BCUT2D eigenvalue weighted by molar-refractivity contribution is 5.96. The molecule has 0 saturated carbocycles. The van der Waals surface area contributed by atoms with Gasteiger partial charge >= 0.3 is 11.9 Å². The Bertz CT molecular complexity index is 1720. The monoisotopic (exact) mass is 566 g/mol. The van der Waals surface area contributed by atoms with E-state index in [2.05, 4.69) is 55.9 Å². The molecule has 3 aromatic heterocycles. The van der Waals surface area contributed by atoms with E-state index in [0.29, 0.717) is 24.2 Å². The molecule has 8 bridgehead atoms. The third-order valence-electron chi connectivity index (χ3n) is 8.69. The summed E-state index contributed by atoms with van der Waals surface area (Å²) in [6, 6.07) is 8.19. The van der Waals surface area contributed by atoms with Crippen LogP contribution < -0.4 is 0 Å². The van der Waals surface area contributed by atoms with Gasteiger partial charge in [-0.2, -0.15) is 0 Å². The van der Waals surface area contributed by atoms with E-state index < -0.39 is 11.9 Å². The van der Waals surface area contributed by atoms with Gasteiger partial charge in [-0.3, -0.25) is 9.59 Å². The van der Waals surface area contributed by atoms with Crippen molar-refractivity contribution in [3.05, 3.63) is 69.3 Å². The van der Waals surface area contributed by atoms with Gasteiger partial charge in [0.2, 0.25) is 0 Å². The zero-order valence-electron chi connectivity index (χ0n) is 25.2. The van der Waals surface area contributed by atoms with Crippen LogP contribution in [0.3, 0.4) is 0 Å². The number of carbonyl (C=O) groups is 2. The van der Waals surface area contributed by atoms with Crippen molar-refractivity contribution in [1.29, 1.82) is 0 Å². The average Bonchev–Trinajstić information content (AvgIpc) is 3.59. The molecule has 8 nitrogen and oxygen atoms in total. The average molecular weight is 567 g/mol. The van der Waals surface area contributed by atoms with E-state index in [1.807, 2.05) is 19.9 Å². The molecule has 0 atom stereocenters. The number of aryl methyl sites for hydroxylation is 4. The first-order chi connectivity index (χ1) is 20.0. The molecule has 0 unspecified atom stereocenters. The van der Waals surface area contributed by atoms with Gasteiger partial charge in [-0.1, -0.05) is 13.8 Å². The van der Waals surface area contributed by atoms with Crippen molar-refractivity contribution < 1.29 is 19.8 Å². The normalized spacial score (nSPS) is 13.3. The van der Waals surface area contributed by atoms with Crippen molar-refractivity contribution >= 4 is 56.3 Å². The Kier molecular flexibility index (Phi) is 7.91. The number of hydrogen-bond donors (Lipinski definition) is 4. The van der Waals surface area contributed by atoms with E-state index in [-0.39, 0.29) is 12.8 Å². The van der Waals surface area contributed by atoms with Crippen LogP contribution in [0.1, 0.15) is 98.4 Å². The van der Waals surface area contributed by atoms with Gasteiger partial charge in [0.05, 0.1) is 22.8 Å². The van der Waals surface area contributed by atoms with Crippen molar-refractivity contribution in [2.45, 2.75) is 80.1 Å². The molecule has 0 aromatic carbocycles. The Hall–Kier alpha value is -4.46. The first-order valence-corrected chi connectivity index (χ1v) is 14.6. The number of aromatic amines is 2. The summed E-state index contributed by atoms with van der Waals surface area (Å²) in [5.41, 5.74) is 15.4. The maximum Gasteiger partial charge on any atom is 0.303 e. The third-order valence-corrected chi connectivity index (χ3v) is 8.69. The van der Waals surface area contributed by atoms with Crippen LogP contribution >= 0.6 is 0 Å². The van der Waals surface area contributed by atoms with Crippen LogP contribution in [0, 0.1) is 13.8 Å². The van der Waals surface area contributed by atoms with Crippen molar-refractivity contribution in [1.82, 2.24) is 19.9 Å². The number of aromatic nitrogens is 4. The summed E-state index contributed by atoms with van der Waals surface area (Å²) in [6.07, 6.45) is 2.35. The number of rotatable bonds is 8. The standard InChI is InChI=1S/C34H38N4O4/c1-7-21-17(3)25-13-26-18(4)22(8-2)30(36-26)15-28-20(6)24(10-12-34(41)42)32(38-28)16-31-23(9-11-33(39)40)19(5)27(37-31)14-29(21)35-25/h13-16,35-36H,7-12H2,1-6H3,(H,39,40)(H,41,42). The number of nitrogens with zero attached hydrogens (tertiary/aromatic N) is 2. The number of hydrogen-bond acceptors (Lipinski definition) is 4. The van der Waals surface area contributed by atoms with Gasteiger partial charge in [-0.25, -0.2) is 9.97 Å².